The molecule has 0 unspecified atom stereocenters. The van der Waals surface area contributed by atoms with Crippen LogP contribution >= 0.6 is 0 Å². The Morgan fingerprint density at radius 1 is 0.347 bits per heavy atom. The van der Waals surface area contributed by atoms with E-state index in [4.69, 9.17) is 4.74 Å². The van der Waals surface area contributed by atoms with E-state index in [0.717, 1.165) is 73.1 Å². The average Bonchev–Trinajstić information content (AvgIpc) is 3.17. The van der Waals surface area contributed by atoms with Crippen molar-refractivity contribution in [2.45, 2.75) is 0 Å². The third-order valence-corrected chi connectivity index (χ3v) is 9.19. The summed E-state index contributed by atoms with van der Waals surface area (Å²) in [6.07, 6.45) is 0. The van der Waals surface area contributed by atoms with Crippen molar-refractivity contribution in [1.29, 1.82) is 0 Å². The highest BCUT2D eigenvalue weighted by Crippen LogP contribution is 2.53. The highest BCUT2D eigenvalue weighted by Gasteiger charge is 2.26. The number of benzene rings is 8. The summed E-state index contributed by atoms with van der Waals surface area (Å²) in [5.41, 5.74) is 11.0. The zero-order valence-corrected chi connectivity index (χ0v) is 26.8. The Morgan fingerprint density at radius 2 is 0.837 bits per heavy atom. The number of ether oxygens (including phenoxy) is 1. The van der Waals surface area contributed by atoms with Crippen molar-refractivity contribution in [3.63, 3.8) is 0 Å². The van der Waals surface area contributed by atoms with Crippen LogP contribution in [0.3, 0.4) is 0 Å². The summed E-state index contributed by atoms with van der Waals surface area (Å²) in [5, 5.41) is 2.29. The van der Waals surface area contributed by atoms with E-state index in [-0.39, 0.29) is 0 Å². The summed E-state index contributed by atoms with van der Waals surface area (Å²) in [6.45, 7) is 0. The number of para-hydroxylation sites is 5. The summed E-state index contributed by atoms with van der Waals surface area (Å²) < 4.78 is 6.99. The second-order valence-corrected chi connectivity index (χ2v) is 12.2. The van der Waals surface area contributed by atoms with Crippen molar-refractivity contribution in [3.05, 3.63) is 194 Å². The lowest BCUT2D eigenvalue weighted by Crippen LogP contribution is -2.12. The van der Waals surface area contributed by atoms with Crippen LogP contribution in [-0.4, -0.2) is 0 Å². The van der Waals surface area contributed by atoms with Crippen LogP contribution in [0.25, 0.3) is 33.0 Å². The van der Waals surface area contributed by atoms with Crippen LogP contribution < -0.4 is 14.5 Å². The van der Waals surface area contributed by atoms with E-state index in [2.05, 4.69) is 204 Å². The topological polar surface area (TPSA) is 15.7 Å². The Kier molecular flexibility index (Phi) is 7.14. The zero-order valence-electron chi connectivity index (χ0n) is 26.8. The third kappa shape index (κ3) is 5.18. The first-order valence-corrected chi connectivity index (χ1v) is 16.6. The van der Waals surface area contributed by atoms with Gasteiger partial charge in [-0.3, -0.25) is 0 Å². The lowest BCUT2D eigenvalue weighted by atomic mass is 9.91. The minimum absolute atomic E-state index is 0.851. The van der Waals surface area contributed by atoms with Crippen LogP contribution in [-0.2, 0) is 0 Å². The largest absolute Gasteiger partial charge is 0.454 e. The molecule has 0 atom stereocenters. The molecular formula is C46H32N2O. The van der Waals surface area contributed by atoms with Crippen LogP contribution in [0, 0.1) is 0 Å². The lowest BCUT2D eigenvalue weighted by molar-refractivity contribution is 0.488. The van der Waals surface area contributed by atoms with E-state index < -0.39 is 0 Å². The van der Waals surface area contributed by atoms with Gasteiger partial charge in [0.25, 0.3) is 0 Å². The fourth-order valence-corrected chi connectivity index (χ4v) is 6.98. The molecule has 0 saturated heterocycles. The first-order valence-electron chi connectivity index (χ1n) is 16.6. The molecule has 3 nitrogen and oxygen atoms in total. The van der Waals surface area contributed by atoms with E-state index in [1.807, 2.05) is 0 Å². The first kappa shape index (κ1) is 28.6. The summed E-state index contributed by atoms with van der Waals surface area (Å²) in [7, 11) is 0. The molecule has 0 amide bonds. The molecule has 3 heteroatoms. The SMILES string of the molecule is c1ccc(N(c2ccccc2)c2ccc(-c3cc4c5c(cccc5c3)-c3cccc(N(c5ccccc5)c5ccccc5)c3O4)cc2)cc1. The maximum Gasteiger partial charge on any atom is 0.159 e. The molecule has 0 fully saturated rings. The first-order chi connectivity index (χ1) is 24.3. The van der Waals surface area contributed by atoms with Crippen LogP contribution in [0.5, 0.6) is 11.5 Å². The highest BCUT2D eigenvalue weighted by molar-refractivity contribution is 6.07. The summed E-state index contributed by atoms with van der Waals surface area (Å²) in [6, 6.07) is 68.3. The number of hydrogen-bond acceptors (Lipinski definition) is 3. The Labute approximate surface area is 286 Å². The van der Waals surface area contributed by atoms with Crippen molar-refractivity contribution in [1.82, 2.24) is 0 Å². The highest BCUT2D eigenvalue weighted by atomic mass is 16.5. The Balaban J connectivity index is 1.14. The second kappa shape index (κ2) is 12.2. The molecule has 1 heterocycles. The van der Waals surface area contributed by atoms with Gasteiger partial charge in [0, 0.05) is 39.4 Å². The van der Waals surface area contributed by atoms with Gasteiger partial charge in [0.05, 0.1) is 5.69 Å². The van der Waals surface area contributed by atoms with E-state index >= 15 is 0 Å². The average molecular weight is 629 g/mol. The van der Waals surface area contributed by atoms with Gasteiger partial charge < -0.3 is 14.5 Å². The molecule has 232 valence electrons. The molecule has 0 radical (unpaired) electrons. The van der Waals surface area contributed by atoms with Crippen LogP contribution in [0.2, 0.25) is 0 Å². The normalized spacial score (nSPS) is 11.4. The van der Waals surface area contributed by atoms with Crippen molar-refractivity contribution in [2.24, 2.45) is 0 Å². The molecule has 0 aliphatic carbocycles. The predicted molar refractivity (Wildman–Crippen MR) is 204 cm³/mol. The molecule has 0 aromatic heterocycles. The molecule has 1 aliphatic heterocycles. The summed E-state index contributed by atoms with van der Waals surface area (Å²) in [4.78, 5) is 4.56. The molecule has 8 aromatic carbocycles. The number of anilines is 6. The summed E-state index contributed by atoms with van der Waals surface area (Å²) >= 11 is 0. The lowest BCUT2D eigenvalue weighted by Gasteiger charge is -2.30. The zero-order chi connectivity index (χ0) is 32.6. The van der Waals surface area contributed by atoms with Gasteiger partial charge in [0.1, 0.15) is 5.75 Å². The Morgan fingerprint density at radius 3 is 1.41 bits per heavy atom. The van der Waals surface area contributed by atoms with E-state index in [0.29, 0.717) is 0 Å². The number of hydrogen-bond donors (Lipinski definition) is 0. The molecule has 9 rings (SSSR count). The van der Waals surface area contributed by atoms with E-state index in [1.54, 1.807) is 0 Å². The molecule has 0 saturated carbocycles. The van der Waals surface area contributed by atoms with Gasteiger partial charge in [-0.05, 0) is 101 Å². The predicted octanol–water partition coefficient (Wildman–Crippen LogP) is 13.2. The monoisotopic (exact) mass is 628 g/mol. The van der Waals surface area contributed by atoms with Gasteiger partial charge in [-0.2, -0.15) is 0 Å². The van der Waals surface area contributed by atoms with E-state index in [9.17, 15) is 0 Å². The number of fused-ring (bicyclic) bond motifs is 2. The third-order valence-electron chi connectivity index (χ3n) is 9.19. The molecule has 0 spiro atoms. The van der Waals surface area contributed by atoms with Gasteiger partial charge in [-0.15, -0.1) is 0 Å². The van der Waals surface area contributed by atoms with Crippen molar-refractivity contribution in [2.75, 3.05) is 9.80 Å². The smallest absolute Gasteiger partial charge is 0.159 e. The van der Waals surface area contributed by atoms with Crippen LogP contribution in [0.1, 0.15) is 0 Å². The van der Waals surface area contributed by atoms with Crippen LogP contribution in [0.4, 0.5) is 34.1 Å². The molecule has 8 aromatic rings. The standard InChI is InChI=1S/C46H32N2O/c1-5-16-36(17-6-1)47(37-18-7-2-8-19-37)40-29-27-33(28-30-40)35-31-34-15-13-24-41-42-25-14-26-43(46(42)49-44(32-35)45(34)41)48(38-20-9-3-10-21-38)39-22-11-4-12-23-39/h1-32H. The number of nitrogens with zero attached hydrogens (tertiary/aromatic N) is 2. The van der Waals surface area contributed by atoms with Crippen molar-refractivity contribution < 1.29 is 4.74 Å². The quantitative estimate of drug-likeness (QED) is 0.175. The van der Waals surface area contributed by atoms with E-state index in [1.165, 1.54) is 5.56 Å². The maximum absolute atomic E-state index is 6.99. The van der Waals surface area contributed by atoms with Gasteiger partial charge in [0.15, 0.2) is 5.75 Å². The number of rotatable bonds is 7. The molecule has 0 N–H and O–H groups in total. The molecule has 1 aliphatic rings. The Bertz CT molecular complexity index is 2310. The fourth-order valence-electron chi connectivity index (χ4n) is 6.98. The molecule has 49 heavy (non-hydrogen) atoms. The molecular weight excluding hydrogens is 597 g/mol. The Hall–Kier alpha value is -6.58. The van der Waals surface area contributed by atoms with Crippen LogP contribution in [0.15, 0.2) is 194 Å². The summed E-state index contributed by atoms with van der Waals surface area (Å²) in [5.74, 6) is 1.72. The minimum Gasteiger partial charge on any atom is -0.454 e. The van der Waals surface area contributed by atoms with Gasteiger partial charge in [-0.25, -0.2) is 0 Å². The van der Waals surface area contributed by atoms with Gasteiger partial charge in [-0.1, -0.05) is 115 Å². The van der Waals surface area contributed by atoms with Gasteiger partial charge >= 0.3 is 0 Å². The molecule has 0 bridgehead atoms. The second-order valence-electron chi connectivity index (χ2n) is 12.2. The minimum atomic E-state index is 0.851. The maximum atomic E-state index is 6.99. The van der Waals surface area contributed by atoms with Crippen molar-refractivity contribution >= 4 is 44.9 Å². The fraction of sp³-hybridized carbons (Fsp3) is 0. The van der Waals surface area contributed by atoms with Crippen molar-refractivity contribution in [3.8, 4) is 33.8 Å². The van der Waals surface area contributed by atoms with Gasteiger partial charge in [0.2, 0.25) is 0 Å².